The van der Waals surface area contributed by atoms with Gasteiger partial charge in [0.05, 0.1) is 19.1 Å². The fraction of sp³-hybridized carbons (Fsp3) is 0.700. The molecule has 0 aliphatic rings. The molecule has 0 saturated heterocycles. The minimum Gasteiger partial charge on any atom is -0.481 e. The molecule has 0 spiro atoms. The molecule has 0 saturated carbocycles. The highest BCUT2D eigenvalue weighted by Crippen LogP contribution is 2.26. The SMILES string of the molecule is C=CCOCC(C(=O)O)C(C)(C)C. The molecule has 1 N–H and O–H groups in total. The number of hydrogen-bond acceptors (Lipinski definition) is 2. The highest BCUT2D eigenvalue weighted by Gasteiger charge is 2.31. The van der Waals surface area contributed by atoms with Crippen LogP contribution in [0.15, 0.2) is 12.7 Å². The van der Waals surface area contributed by atoms with Gasteiger partial charge in [0, 0.05) is 0 Å². The van der Waals surface area contributed by atoms with Gasteiger partial charge in [-0.2, -0.15) is 0 Å². The second-order valence-electron chi connectivity index (χ2n) is 4.08. The molecule has 0 amide bonds. The Kier molecular flexibility index (Phi) is 4.70. The van der Waals surface area contributed by atoms with Crippen LogP contribution in [0.25, 0.3) is 0 Å². The third-order valence-electron chi connectivity index (χ3n) is 1.86. The maximum absolute atomic E-state index is 10.8. The summed E-state index contributed by atoms with van der Waals surface area (Å²) in [5, 5.41) is 8.90. The van der Waals surface area contributed by atoms with Gasteiger partial charge in [-0.3, -0.25) is 4.79 Å². The van der Waals surface area contributed by atoms with Crippen LogP contribution in [-0.2, 0) is 9.53 Å². The van der Waals surface area contributed by atoms with Crippen molar-refractivity contribution in [2.24, 2.45) is 11.3 Å². The Hall–Kier alpha value is -0.830. The summed E-state index contributed by atoms with van der Waals surface area (Å²) >= 11 is 0. The lowest BCUT2D eigenvalue weighted by atomic mass is 9.81. The molecule has 0 aliphatic carbocycles. The van der Waals surface area contributed by atoms with Crippen LogP contribution < -0.4 is 0 Å². The largest absolute Gasteiger partial charge is 0.481 e. The predicted molar refractivity (Wildman–Crippen MR) is 51.6 cm³/mol. The van der Waals surface area contributed by atoms with Crippen LogP contribution in [0.4, 0.5) is 0 Å². The van der Waals surface area contributed by atoms with Crippen molar-refractivity contribution < 1.29 is 14.6 Å². The van der Waals surface area contributed by atoms with Gasteiger partial charge in [-0.05, 0) is 5.41 Å². The van der Waals surface area contributed by atoms with E-state index in [1.54, 1.807) is 6.08 Å². The van der Waals surface area contributed by atoms with Crippen molar-refractivity contribution in [3.63, 3.8) is 0 Å². The van der Waals surface area contributed by atoms with Gasteiger partial charge in [0.25, 0.3) is 0 Å². The minimum absolute atomic E-state index is 0.241. The molecular formula is C10H18O3. The number of ether oxygens (including phenoxy) is 1. The highest BCUT2D eigenvalue weighted by molar-refractivity contribution is 5.71. The standard InChI is InChI=1S/C10H18O3/c1-5-6-13-7-8(9(11)12)10(2,3)4/h5,8H,1,6-7H2,2-4H3,(H,11,12). The molecule has 3 nitrogen and oxygen atoms in total. The Labute approximate surface area is 79.4 Å². The molecule has 0 bridgehead atoms. The molecule has 0 radical (unpaired) electrons. The van der Waals surface area contributed by atoms with E-state index >= 15 is 0 Å². The van der Waals surface area contributed by atoms with Gasteiger partial charge < -0.3 is 9.84 Å². The Balaban J connectivity index is 4.12. The van der Waals surface area contributed by atoms with Crippen LogP contribution in [0.2, 0.25) is 0 Å². The lowest BCUT2D eigenvalue weighted by Crippen LogP contribution is -2.32. The van der Waals surface area contributed by atoms with Crippen LogP contribution in [0, 0.1) is 11.3 Å². The van der Waals surface area contributed by atoms with E-state index in [0.29, 0.717) is 6.61 Å². The van der Waals surface area contributed by atoms with Crippen LogP contribution in [0.1, 0.15) is 20.8 Å². The summed E-state index contributed by atoms with van der Waals surface area (Å²) in [4.78, 5) is 10.8. The van der Waals surface area contributed by atoms with Crippen molar-refractivity contribution in [1.29, 1.82) is 0 Å². The highest BCUT2D eigenvalue weighted by atomic mass is 16.5. The summed E-state index contributed by atoms with van der Waals surface area (Å²) in [5.41, 5.74) is -0.271. The maximum atomic E-state index is 10.8. The van der Waals surface area contributed by atoms with E-state index in [9.17, 15) is 4.79 Å². The monoisotopic (exact) mass is 186 g/mol. The van der Waals surface area contributed by atoms with Gasteiger partial charge in [0.1, 0.15) is 0 Å². The number of carboxylic acid groups (broad SMARTS) is 1. The van der Waals surface area contributed by atoms with Gasteiger partial charge >= 0.3 is 5.97 Å². The van der Waals surface area contributed by atoms with Crippen molar-refractivity contribution >= 4 is 5.97 Å². The lowest BCUT2D eigenvalue weighted by Gasteiger charge is -2.26. The molecule has 1 unspecified atom stereocenters. The van der Waals surface area contributed by atoms with Crippen LogP contribution in [0.5, 0.6) is 0 Å². The first-order chi connectivity index (χ1) is 5.89. The zero-order chi connectivity index (χ0) is 10.5. The van der Waals surface area contributed by atoms with Gasteiger partial charge in [0.2, 0.25) is 0 Å². The Morgan fingerprint density at radius 2 is 2.15 bits per heavy atom. The first-order valence-electron chi connectivity index (χ1n) is 4.31. The Morgan fingerprint density at radius 3 is 2.46 bits per heavy atom. The Morgan fingerprint density at radius 1 is 1.62 bits per heavy atom. The molecule has 0 aromatic heterocycles. The summed E-state index contributed by atoms with van der Waals surface area (Å²) < 4.78 is 5.13. The fourth-order valence-corrected chi connectivity index (χ4v) is 0.961. The van der Waals surface area contributed by atoms with Gasteiger partial charge in [-0.15, -0.1) is 6.58 Å². The summed E-state index contributed by atoms with van der Waals surface area (Å²) in [7, 11) is 0. The van der Waals surface area contributed by atoms with Crippen molar-refractivity contribution in [3.8, 4) is 0 Å². The smallest absolute Gasteiger partial charge is 0.309 e. The zero-order valence-electron chi connectivity index (χ0n) is 8.54. The van der Waals surface area contributed by atoms with E-state index in [1.807, 2.05) is 20.8 Å². The lowest BCUT2D eigenvalue weighted by molar-refractivity contribution is -0.148. The van der Waals surface area contributed by atoms with Gasteiger partial charge in [-0.1, -0.05) is 26.8 Å². The molecule has 0 fully saturated rings. The first-order valence-corrected chi connectivity index (χ1v) is 4.31. The molecule has 3 heteroatoms. The van der Waals surface area contributed by atoms with E-state index in [4.69, 9.17) is 9.84 Å². The number of carbonyl (C=O) groups is 1. The van der Waals surface area contributed by atoms with Crippen molar-refractivity contribution in [2.45, 2.75) is 20.8 Å². The second kappa shape index (κ2) is 5.02. The zero-order valence-corrected chi connectivity index (χ0v) is 8.54. The van der Waals surface area contributed by atoms with E-state index in [1.165, 1.54) is 0 Å². The predicted octanol–water partition coefficient (Wildman–Crippen LogP) is 1.94. The number of aliphatic carboxylic acids is 1. The topological polar surface area (TPSA) is 46.5 Å². The normalized spacial score (nSPS) is 13.8. The van der Waals surface area contributed by atoms with Crippen LogP contribution in [-0.4, -0.2) is 24.3 Å². The molecule has 13 heavy (non-hydrogen) atoms. The van der Waals surface area contributed by atoms with Crippen LogP contribution >= 0.6 is 0 Å². The molecule has 1 atom stereocenters. The molecule has 0 rings (SSSR count). The fourth-order valence-electron chi connectivity index (χ4n) is 0.961. The van der Waals surface area contributed by atoms with Gasteiger partial charge in [0.15, 0.2) is 0 Å². The number of rotatable bonds is 5. The summed E-state index contributed by atoms with van der Waals surface area (Å²) in [6.07, 6.45) is 1.61. The minimum atomic E-state index is -0.809. The maximum Gasteiger partial charge on any atom is 0.309 e. The van der Waals surface area contributed by atoms with Crippen molar-refractivity contribution in [3.05, 3.63) is 12.7 Å². The average Bonchev–Trinajstić information content (AvgIpc) is 1.94. The second-order valence-corrected chi connectivity index (χ2v) is 4.08. The summed E-state index contributed by atoms with van der Waals surface area (Å²) in [6.45, 7) is 9.81. The molecule has 0 heterocycles. The van der Waals surface area contributed by atoms with Crippen LogP contribution in [0.3, 0.4) is 0 Å². The number of carboxylic acids is 1. The summed E-state index contributed by atoms with van der Waals surface area (Å²) in [5.74, 6) is -1.27. The third-order valence-corrected chi connectivity index (χ3v) is 1.86. The van der Waals surface area contributed by atoms with E-state index < -0.39 is 11.9 Å². The number of hydrogen-bond donors (Lipinski definition) is 1. The molecule has 0 aromatic carbocycles. The van der Waals surface area contributed by atoms with Gasteiger partial charge in [-0.25, -0.2) is 0 Å². The van der Waals surface area contributed by atoms with E-state index in [-0.39, 0.29) is 12.0 Å². The quantitative estimate of drug-likeness (QED) is 0.527. The molecule has 76 valence electrons. The molecule has 0 aromatic rings. The van der Waals surface area contributed by atoms with Crippen molar-refractivity contribution in [2.75, 3.05) is 13.2 Å². The van der Waals surface area contributed by atoms with E-state index in [2.05, 4.69) is 6.58 Å². The first kappa shape index (κ1) is 12.2. The Bertz CT molecular complexity index is 179. The average molecular weight is 186 g/mol. The molecule has 0 aliphatic heterocycles. The summed E-state index contributed by atoms with van der Waals surface area (Å²) in [6, 6.07) is 0. The third kappa shape index (κ3) is 4.68. The molecular weight excluding hydrogens is 168 g/mol. The van der Waals surface area contributed by atoms with Crippen molar-refractivity contribution in [1.82, 2.24) is 0 Å². The van der Waals surface area contributed by atoms with E-state index in [0.717, 1.165) is 0 Å².